The third-order valence-corrected chi connectivity index (χ3v) is 6.33. The van der Waals surface area contributed by atoms with Gasteiger partial charge < -0.3 is 35.4 Å². The number of piperidine rings is 1. The normalized spacial score (nSPS) is 16.2. The van der Waals surface area contributed by atoms with E-state index in [-0.39, 0.29) is 36.4 Å². The number of nitrogens with two attached hydrogens (primary N) is 1. The van der Waals surface area contributed by atoms with Gasteiger partial charge in [-0.1, -0.05) is 12.1 Å². The number of hydrogen-bond donors (Lipinski definition) is 3. The number of nitrogens with zero attached hydrogens (tertiary/aromatic N) is 2. The Kier molecular flexibility index (Phi) is 8.30. The van der Waals surface area contributed by atoms with Gasteiger partial charge in [-0.15, -0.1) is 13.2 Å². The molecule has 12 heteroatoms. The van der Waals surface area contributed by atoms with Crippen LogP contribution in [-0.2, 0) is 11.2 Å². The van der Waals surface area contributed by atoms with Crippen molar-refractivity contribution in [2.45, 2.75) is 31.7 Å². The second-order valence-electron chi connectivity index (χ2n) is 9.06. The molecule has 0 radical (unpaired) electrons. The molecule has 0 atom stereocenters. The smallest absolute Gasteiger partial charge is 0.489 e. The summed E-state index contributed by atoms with van der Waals surface area (Å²) in [6.45, 7) is 1.96. The number of primary amides is 1. The van der Waals surface area contributed by atoms with Crippen molar-refractivity contribution in [3.63, 3.8) is 0 Å². The minimum atomic E-state index is -4.77. The lowest BCUT2D eigenvalue weighted by Gasteiger charge is -2.32. The molecular weight excluding hydrogens is 505 g/mol. The van der Waals surface area contributed by atoms with Gasteiger partial charge in [0.05, 0.1) is 31.0 Å². The first-order valence-corrected chi connectivity index (χ1v) is 12.2. The fraction of sp³-hybridized carbons (Fsp3) is 0.385. The van der Waals surface area contributed by atoms with Crippen molar-refractivity contribution in [3.8, 4) is 11.5 Å². The Morgan fingerprint density at radius 3 is 2.45 bits per heavy atom. The number of β-amino-alcohol motifs (C(OH)–C–C–N with tert-alkyl or cyclic N) is 1. The lowest BCUT2D eigenvalue weighted by Crippen LogP contribution is -2.42. The molecule has 4 rings (SSSR count). The Morgan fingerprint density at radius 2 is 1.82 bits per heavy atom. The van der Waals surface area contributed by atoms with Gasteiger partial charge in [0.25, 0.3) is 5.91 Å². The molecule has 2 aliphatic rings. The van der Waals surface area contributed by atoms with Gasteiger partial charge in [-0.05, 0) is 35.9 Å². The molecule has 2 aromatic carbocycles. The average molecular weight is 535 g/mol. The number of aliphatic hydroxyl groups is 1. The molecule has 0 spiro atoms. The molecule has 9 nitrogen and oxygen atoms in total. The van der Waals surface area contributed by atoms with Crippen LogP contribution >= 0.6 is 0 Å². The topological polar surface area (TPSA) is 117 Å². The molecule has 38 heavy (non-hydrogen) atoms. The number of amides is 2. The number of alkyl halides is 3. The van der Waals surface area contributed by atoms with Crippen LogP contribution in [0.1, 0.15) is 34.3 Å². The number of hydrogen-bond acceptors (Lipinski definition) is 7. The SMILES string of the molecule is NC(=O)c1cc(C2=CN(CCO)CN2)ccc1OC1CCN(C(=O)Cc2ccc(OC(F)(F)F)cc2)CC1. The molecular formula is C26H29F3N4O5. The highest BCUT2D eigenvalue weighted by molar-refractivity contribution is 5.96. The fourth-order valence-electron chi connectivity index (χ4n) is 4.40. The second kappa shape index (κ2) is 11.6. The highest BCUT2D eigenvalue weighted by atomic mass is 19.4. The minimum absolute atomic E-state index is 0.0308. The van der Waals surface area contributed by atoms with Crippen molar-refractivity contribution < 1.29 is 37.3 Å². The summed E-state index contributed by atoms with van der Waals surface area (Å²) >= 11 is 0. The van der Waals surface area contributed by atoms with Gasteiger partial charge in [0.1, 0.15) is 17.6 Å². The van der Waals surface area contributed by atoms with E-state index in [0.29, 0.717) is 50.5 Å². The van der Waals surface area contributed by atoms with Crippen LogP contribution in [0.4, 0.5) is 13.2 Å². The highest BCUT2D eigenvalue weighted by Gasteiger charge is 2.31. The number of nitrogens with one attached hydrogen (secondary N) is 1. The van der Waals surface area contributed by atoms with E-state index >= 15 is 0 Å². The zero-order chi connectivity index (χ0) is 27.3. The third-order valence-electron chi connectivity index (χ3n) is 6.33. The van der Waals surface area contributed by atoms with Gasteiger partial charge >= 0.3 is 6.36 Å². The van der Waals surface area contributed by atoms with E-state index in [1.165, 1.54) is 24.3 Å². The predicted molar refractivity (Wildman–Crippen MR) is 132 cm³/mol. The van der Waals surface area contributed by atoms with Gasteiger partial charge in [0.15, 0.2) is 0 Å². The van der Waals surface area contributed by atoms with Crippen molar-refractivity contribution in [1.82, 2.24) is 15.1 Å². The van der Waals surface area contributed by atoms with E-state index in [0.717, 1.165) is 11.3 Å². The van der Waals surface area contributed by atoms with Crippen LogP contribution in [0.5, 0.6) is 11.5 Å². The first-order chi connectivity index (χ1) is 18.1. The third kappa shape index (κ3) is 7.09. The molecule has 0 aromatic heterocycles. The maximum Gasteiger partial charge on any atom is 0.573 e. The molecule has 0 aliphatic carbocycles. The molecule has 4 N–H and O–H groups in total. The monoisotopic (exact) mass is 534 g/mol. The molecule has 0 unspecified atom stereocenters. The van der Waals surface area contributed by atoms with Crippen molar-refractivity contribution in [1.29, 1.82) is 0 Å². The maximum atomic E-state index is 12.7. The molecule has 2 aliphatic heterocycles. The number of ether oxygens (including phenoxy) is 2. The number of rotatable bonds is 9. The standard InChI is InChI=1S/C26H29F3N4O5/c27-26(28,29)38-20-4-1-17(2-5-20)13-24(35)33-9-7-19(8-10-33)37-23-6-3-18(14-21(23)25(30)36)22-15-32(11-12-34)16-31-22/h1-6,14-15,19,31,34H,7-13,16H2,(H2,30,36). The Hall–Kier alpha value is -3.93. The second-order valence-corrected chi connectivity index (χ2v) is 9.06. The maximum absolute atomic E-state index is 12.7. The number of halogens is 3. The van der Waals surface area contributed by atoms with E-state index in [1.54, 1.807) is 17.0 Å². The lowest BCUT2D eigenvalue weighted by molar-refractivity contribution is -0.274. The minimum Gasteiger partial charge on any atom is -0.489 e. The molecule has 204 valence electrons. The summed E-state index contributed by atoms with van der Waals surface area (Å²) in [4.78, 5) is 28.4. The van der Waals surface area contributed by atoms with E-state index in [1.807, 2.05) is 17.2 Å². The summed E-state index contributed by atoms with van der Waals surface area (Å²) in [6.07, 6.45) is -1.96. The Morgan fingerprint density at radius 1 is 1.11 bits per heavy atom. The van der Waals surface area contributed by atoms with Crippen LogP contribution in [-0.4, -0.2) is 72.1 Å². The van der Waals surface area contributed by atoms with Gasteiger partial charge in [-0.3, -0.25) is 9.59 Å². The highest BCUT2D eigenvalue weighted by Crippen LogP contribution is 2.28. The van der Waals surface area contributed by atoms with Crippen LogP contribution in [0.15, 0.2) is 48.7 Å². The molecule has 0 saturated carbocycles. The zero-order valence-corrected chi connectivity index (χ0v) is 20.5. The molecule has 1 saturated heterocycles. The van der Waals surface area contributed by atoms with Crippen molar-refractivity contribution in [3.05, 3.63) is 65.4 Å². The van der Waals surface area contributed by atoms with Crippen LogP contribution in [0, 0.1) is 0 Å². The van der Waals surface area contributed by atoms with E-state index in [9.17, 15) is 22.8 Å². The van der Waals surface area contributed by atoms with Gasteiger partial charge in [0, 0.05) is 44.2 Å². The Labute approximate surface area is 217 Å². The first-order valence-electron chi connectivity index (χ1n) is 12.2. The molecule has 2 aromatic rings. The van der Waals surface area contributed by atoms with Crippen molar-refractivity contribution >= 4 is 17.5 Å². The van der Waals surface area contributed by atoms with Crippen LogP contribution in [0.2, 0.25) is 0 Å². The van der Waals surface area contributed by atoms with Gasteiger partial charge in [0.2, 0.25) is 5.91 Å². The molecule has 0 bridgehead atoms. The van der Waals surface area contributed by atoms with Crippen molar-refractivity contribution in [2.75, 3.05) is 32.9 Å². The summed E-state index contributed by atoms with van der Waals surface area (Å²) in [5, 5.41) is 12.3. The molecule has 1 fully saturated rings. The number of carbonyl (C=O) groups excluding carboxylic acids is 2. The van der Waals surface area contributed by atoms with E-state index < -0.39 is 12.3 Å². The Balaban J connectivity index is 1.31. The quantitative estimate of drug-likeness (QED) is 0.453. The van der Waals surface area contributed by atoms with Crippen LogP contribution < -0.4 is 20.5 Å². The van der Waals surface area contributed by atoms with E-state index in [4.69, 9.17) is 15.6 Å². The first kappa shape index (κ1) is 27.1. The van der Waals surface area contributed by atoms with Gasteiger partial charge in [-0.2, -0.15) is 0 Å². The number of likely N-dealkylation sites (tertiary alicyclic amines) is 1. The zero-order valence-electron chi connectivity index (χ0n) is 20.5. The number of carbonyl (C=O) groups is 2. The average Bonchev–Trinajstić information content (AvgIpc) is 3.34. The number of benzene rings is 2. The molecule has 2 heterocycles. The summed E-state index contributed by atoms with van der Waals surface area (Å²) in [5.41, 5.74) is 8.03. The summed E-state index contributed by atoms with van der Waals surface area (Å²) < 4.78 is 46.9. The summed E-state index contributed by atoms with van der Waals surface area (Å²) in [6, 6.07) is 10.4. The Bertz CT molecular complexity index is 1180. The lowest BCUT2D eigenvalue weighted by atomic mass is 10.0. The number of aliphatic hydroxyl groups excluding tert-OH is 1. The van der Waals surface area contributed by atoms with Gasteiger partial charge in [-0.25, -0.2) is 0 Å². The van der Waals surface area contributed by atoms with Crippen LogP contribution in [0.25, 0.3) is 5.70 Å². The van der Waals surface area contributed by atoms with Crippen molar-refractivity contribution in [2.24, 2.45) is 5.73 Å². The van der Waals surface area contributed by atoms with Crippen LogP contribution in [0.3, 0.4) is 0 Å². The van der Waals surface area contributed by atoms with E-state index in [2.05, 4.69) is 10.1 Å². The predicted octanol–water partition coefficient (Wildman–Crippen LogP) is 2.45. The molecule has 2 amide bonds. The summed E-state index contributed by atoms with van der Waals surface area (Å²) in [5.74, 6) is -0.720. The fourth-order valence-corrected chi connectivity index (χ4v) is 4.40. The summed E-state index contributed by atoms with van der Waals surface area (Å²) in [7, 11) is 0. The largest absolute Gasteiger partial charge is 0.573 e.